The molecular formula is C20H18N2O3. The minimum Gasteiger partial charge on any atom is -0.399 e. The second kappa shape index (κ2) is 7.97. The van der Waals surface area contributed by atoms with Gasteiger partial charge in [-0.05, 0) is 48.7 Å². The van der Waals surface area contributed by atoms with Crippen LogP contribution in [0.4, 0.5) is 5.69 Å². The maximum atomic E-state index is 12.3. The van der Waals surface area contributed by atoms with Gasteiger partial charge in [-0.3, -0.25) is 9.87 Å². The minimum absolute atomic E-state index is 0.382. The highest BCUT2D eigenvalue weighted by Gasteiger charge is 2.15. The standard InChI is InChI=1S/C20H18N2O3/c21-18-11-5-4-7-15(18)12-13-19-17(10-6-14-22-19)20(23)25-24-16-8-2-1-3-9-16/h1-11,14H,12-13,21H2. The third-order valence-electron chi connectivity index (χ3n) is 3.75. The molecule has 0 radical (unpaired) electrons. The first-order chi connectivity index (χ1) is 12.2. The molecule has 0 fully saturated rings. The predicted molar refractivity (Wildman–Crippen MR) is 95.0 cm³/mol. The van der Waals surface area contributed by atoms with Crippen LogP contribution in [0.2, 0.25) is 0 Å². The van der Waals surface area contributed by atoms with Gasteiger partial charge in [0.1, 0.15) is 0 Å². The van der Waals surface area contributed by atoms with E-state index in [1.165, 1.54) is 0 Å². The predicted octanol–water partition coefficient (Wildman–Crippen LogP) is 3.60. The number of nitrogens with zero attached hydrogens (tertiary/aromatic N) is 1. The average Bonchev–Trinajstić information content (AvgIpc) is 2.66. The van der Waals surface area contributed by atoms with Crippen molar-refractivity contribution in [3.63, 3.8) is 0 Å². The van der Waals surface area contributed by atoms with E-state index in [4.69, 9.17) is 15.5 Å². The van der Waals surface area contributed by atoms with Crippen LogP contribution in [-0.4, -0.2) is 11.0 Å². The monoisotopic (exact) mass is 334 g/mol. The van der Waals surface area contributed by atoms with E-state index in [1.54, 1.807) is 42.6 Å². The van der Waals surface area contributed by atoms with E-state index in [9.17, 15) is 4.79 Å². The van der Waals surface area contributed by atoms with Gasteiger partial charge in [0, 0.05) is 11.9 Å². The first kappa shape index (κ1) is 16.5. The van der Waals surface area contributed by atoms with Crippen molar-refractivity contribution in [3.05, 3.63) is 89.7 Å². The number of para-hydroxylation sites is 2. The van der Waals surface area contributed by atoms with Gasteiger partial charge in [-0.15, -0.1) is 0 Å². The zero-order valence-corrected chi connectivity index (χ0v) is 13.6. The fourth-order valence-electron chi connectivity index (χ4n) is 2.44. The Morgan fingerprint density at radius 2 is 1.68 bits per heavy atom. The number of benzene rings is 2. The van der Waals surface area contributed by atoms with Crippen LogP contribution >= 0.6 is 0 Å². The van der Waals surface area contributed by atoms with Crippen LogP contribution in [0.5, 0.6) is 5.75 Å². The third kappa shape index (κ3) is 4.35. The molecule has 2 N–H and O–H groups in total. The van der Waals surface area contributed by atoms with Gasteiger partial charge in [0.15, 0.2) is 5.75 Å². The van der Waals surface area contributed by atoms with Gasteiger partial charge in [0.05, 0.1) is 11.3 Å². The minimum atomic E-state index is -0.576. The van der Waals surface area contributed by atoms with Crippen molar-refractivity contribution in [2.45, 2.75) is 12.8 Å². The summed E-state index contributed by atoms with van der Waals surface area (Å²) in [6.45, 7) is 0. The molecule has 5 nitrogen and oxygen atoms in total. The van der Waals surface area contributed by atoms with E-state index in [2.05, 4.69) is 4.98 Å². The van der Waals surface area contributed by atoms with Crippen molar-refractivity contribution in [2.75, 3.05) is 5.73 Å². The maximum absolute atomic E-state index is 12.3. The first-order valence-electron chi connectivity index (χ1n) is 7.95. The molecule has 1 heterocycles. The van der Waals surface area contributed by atoms with Crippen molar-refractivity contribution in [3.8, 4) is 5.75 Å². The van der Waals surface area contributed by atoms with Crippen molar-refractivity contribution >= 4 is 11.7 Å². The Morgan fingerprint density at radius 3 is 2.48 bits per heavy atom. The molecule has 0 saturated carbocycles. The summed E-state index contributed by atoms with van der Waals surface area (Å²) in [6, 6.07) is 19.9. The number of carbonyl (C=O) groups excluding carboxylic acids is 1. The van der Waals surface area contributed by atoms with Gasteiger partial charge in [-0.25, -0.2) is 9.68 Å². The number of carbonyl (C=O) groups is 1. The molecule has 0 atom stereocenters. The molecule has 0 aliphatic carbocycles. The molecule has 126 valence electrons. The number of pyridine rings is 1. The van der Waals surface area contributed by atoms with E-state index in [0.29, 0.717) is 29.8 Å². The lowest BCUT2D eigenvalue weighted by Gasteiger charge is -2.09. The Labute approximate surface area is 146 Å². The molecular weight excluding hydrogens is 316 g/mol. The van der Waals surface area contributed by atoms with Crippen LogP contribution in [0.15, 0.2) is 72.9 Å². The summed E-state index contributed by atoms with van der Waals surface area (Å²) in [5.74, 6) is -0.119. The van der Waals surface area contributed by atoms with E-state index in [0.717, 1.165) is 11.3 Å². The Balaban J connectivity index is 1.68. The Kier molecular flexibility index (Phi) is 5.26. The molecule has 0 spiro atoms. The number of aryl methyl sites for hydroxylation is 2. The summed E-state index contributed by atoms with van der Waals surface area (Å²) in [7, 11) is 0. The molecule has 3 aromatic rings. The summed E-state index contributed by atoms with van der Waals surface area (Å²) in [6.07, 6.45) is 2.91. The van der Waals surface area contributed by atoms with Gasteiger partial charge in [-0.1, -0.05) is 36.4 Å². The molecule has 0 amide bonds. The van der Waals surface area contributed by atoms with Gasteiger partial charge in [-0.2, -0.15) is 0 Å². The Bertz CT molecular complexity index is 850. The highest BCUT2D eigenvalue weighted by molar-refractivity contribution is 5.90. The summed E-state index contributed by atoms with van der Waals surface area (Å²) < 4.78 is 0. The lowest BCUT2D eigenvalue weighted by molar-refractivity contribution is -0.149. The number of rotatable bonds is 6. The number of nitrogen functional groups attached to an aromatic ring is 1. The Morgan fingerprint density at radius 1 is 0.920 bits per heavy atom. The average molecular weight is 334 g/mol. The fraction of sp³-hybridized carbons (Fsp3) is 0.100. The van der Waals surface area contributed by atoms with Crippen molar-refractivity contribution in [1.29, 1.82) is 0 Å². The summed E-state index contributed by atoms with van der Waals surface area (Å²) in [5, 5.41) is 0. The molecule has 0 bridgehead atoms. The van der Waals surface area contributed by atoms with Crippen LogP contribution in [0, 0.1) is 0 Å². The molecule has 5 heteroatoms. The van der Waals surface area contributed by atoms with Gasteiger partial charge >= 0.3 is 5.97 Å². The molecule has 0 saturated heterocycles. The van der Waals surface area contributed by atoms with E-state index >= 15 is 0 Å². The zero-order chi connectivity index (χ0) is 17.5. The van der Waals surface area contributed by atoms with Gasteiger partial charge in [0.25, 0.3) is 0 Å². The zero-order valence-electron chi connectivity index (χ0n) is 13.6. The summed E-state index contributed by atoms with van der Waals surface area (Å²) >= 11 is 0. The van der Waals surface area contributed by atoms with Crippen molar-refractivity contribution < 1.29 is 14.6 Å². The van der Waals surface area contributed by atoms with Gasteiger partial charge in [0.2, 0.25) is 0 Å². The van der Waals surface area contributed by atoms with Crippen LogP contribution in [-0.2, 0) is 17.7 Å². The lowest BCUT2D eigenvalue weighted by atomic mass is 10.0. The van der Waals surface area contributed by atoms with E-state index in [1.807, 2.05) is 30.3 Å². The van der Waals surface area contributed by atoms with Crippen LogP contribution in [0.1, 0.15) is 21.6 Å². The summed E-state index contributed by atoms with van der Waals surface area (Å²) in [4.78, 5) is 26.6. The normalized spacial score (nSPS) is 10.2. The maximum Gasteiger partial charge on any atom is 0.388 e. The van der Waals surface area contributed by atoms with Crippen molar-refractivity contribution in [1.82, 2.24) is 4.98 Å². The molecule has 0 unspecified atom stereocenters. The topological polar surface area (TPSA) is 74.4 Å². The number of hydrogen-bond donors (Lipinski definition) is 1. The highest BCUT2D eigenvalue weighted by Crippen LogP contribution is 2.16. The van der Waals surface area contributed by atoms with E-state index in [-0.39, 0.29) is 0 Å². The molecule has 2 aromatic carbocycles. The largest absolute Gasteiger partial charge is 0.399 e. The fourth-order valence-corrected chi connectivity index (χ4v) is 2.44. The molecule has 25 heavy (non-hydrogen) atoms. The quantitative estimate of drug-likeness (QED) is 0.423. The van der Waals surface area contributed by atoms with Gasteiger partial charge < -0.3 is 5.73 Å². The molecule has 0 aliphatic heterocycles. The van der Waals surface area contributed by atoms with Crippen LogP contribution in [0.3, 0.4) is 0 Å². The van der Waals surface area contributed by atoms with Crippen molar-refractivity contribution in [2.24, 2.45) is 0 Å². The smallest absolute Gasteiger partial charge is 0.388 e. The van der Waals surface area contributed by atoms with Crippen LogP contribution in [0.25, 0.3) is 0 Å². The summed E-state index contributed by atoms with van der Waals surface area (Å²) in [5.41, 5.74) is 8.74. The number of aromatic nitrogens is 1. The number of anilines is 1. The highest BCUT2D eigenvalue weighted by atomic mass is 17.2. The SMILES string of the molecule is Nc1ccccc1CCc1ncccc1C(=O)OOc1ccccc1. The second-order valence-electron chi connectivity index (χ2n) is 5.46. The number of hydrogen-bond acceptors (Lipinski definition) is 5. The second-order valence-corrected chi connectivity index (χ2v) is 5.46. The molecule has 0 aliphatic rings. The molecule has 3 rings (SSSR count). The Hall–Kier alpha value is -3.34. The lowest BCUT2D eigenvalue weighted by Crippen LogP contribution is -2.12. The molecule has 1 aromatic heterocycles. The number of nitrogens with two attached hydrogens (primary N) is 1. The van der Waals surface area contributed by atoms with Crippen LogP contribution < -0.4 is 10.6 Å². The van der Waals surface area contributed by atoms with E-state index < -0.39 is 5.97 Å². The third-order valence-corrected chi connectivity index (χ3v) is 3.75. The first-order valence-corrected chi connectivity index (χ1v) is 7.95.